The Morgan fingerprint density at radius 2 is 2.04 bits per heavy atom. The second-order valence-electron chi connectivity index (χ2n) is 7.35. The summed E-state index contributed by atoms with van der Waals surface area (Å²) in [5.74, 6) is -2.63. The predicted molar refractivity (Wildman–Crippen MR) is 91.5 cm³/mol. The van der Waals surface area contributed by atoms with Crippen LogP contribution in [-0.2, 0) is 13.6 Å². The van der Waals surface area contributed by atoms with E-state index in [0.29, 0.717) is 39.1 Å². The molecule has 2 fully saturated rings. The fourth-order valence-electron chi connectivity index (χ4n) is 4.19. The number of alkyl halides is 2. The summed E-state index contributed by atoms with van der Waals surface area (Å²) in [4.78, 5) is 8.33. The van der Waals surface area contributed by atoms with Crippen LogP contribution in [0, 0.1) is 5.41 Å². The second kappa shape index (κ2) is 6.05. The van der Waals surface area contributed by atoms with E-state index in [-0.39, 0.29) is 6.42 Å². The highest BCUT2D eigenvalue weighted by molar-refractivity contribution is 5.45. The molecule has 0 saturated carbocycles. The monoisotopic (exact) mass is 347 g/mol. The maximum atomic E-state index is 14.9. The second-order valence-corrected chi connectivity index (χ2v) is 7.35. The number of pyridine rings is 1. The van der Waals surface area contributed by atoms with Crippen LogP contribution in [0.5, 0.6) is 0 Å². The molecule has 0 N–H and O–H groups in total. The minimum atomic E-state index is -2.63. The van der Waals surface area contributed by atoms with Crippen molar-refractivity contribution in [2.24, 2.45) is 12.5 Å². The van der Waals surface area contributed by atoms with Crippen molar-refractivity contribution < 1.29 is 8.78 Å². The molecule has 1 spiro atoms. The first kappa shape index (κ1) is 16.4. The molecule has 4 rings (SSSR count). The van der Waals surface area contributed by atoms with Crippen molar-refractivity contribution in [1.29, 1.82) is 0 Å². The Kier molecular flexibility index (Phi) is 3.98. The zero-order chi connectivity index (χ0) is 17.5. The zero-order valence-electron chi connectivity index (χ0n) is 14.4. The summed E-state index contributed by atoms with van der Waals surface area (Å²) in [5, 5.41) is 4.18. The van der Waals surface area contributed by atoms with E-state index >= 15 is 0 Å². The summed E-state index contributed by atoms with van der Waals surface area (Å²) in [7, 11) is 1.87. The van der Waals surface area contributed by atoms with Crippen LogP contribution in [0.15, 0.2) is 36.9 Å². The zero-order valence-corrected chi connectivity index (χ0v) is 14.4. The number of aromatic nitrogens is 3. The summed E-state index contributed by atoms with van der Waals surface area (Å²) in [5.41, 5.74) is 1.02. The molecule has 5 nitrogen and oxygen atoms in total. The number of hydrogen-bond acceptors (Lipinski definition) is 4. The van der Waals surface area contributed by atoms with Gasteiger partial charge in [0.2, 0.25) is 0 Å². The summed E-state index contributed by atoms with van der Waals surface area (Å²) >= 11 is 0. The van der Waals surface area contributed by atoms with Gasteiger partial charge in [-0.1, -0.05) is 0 Å². The average Bonchev–Trinajstić information content (AvgIpc) is 3.20. The van der Waals surface area contributed by atoms with Gasteiger partial charge in [0.15, 0.2) is 0 Å². The largest absolute Gasteiger partial charge is 0.369 e. The summed E-state index contributed by atoms with van der Waals surface area (Å²) in [6.07, 6.45) is 7.67. The number of aryl methyl sites for hydroxylation is 1. The van der Waals surface area contributed by atoms with Crippen molar-refractivity contribution in [2.45, 2.75) is 25.3 Å². The van der Waals surface area contributed by atoms with E-state index < -0.39 is 11.3 Å². The van der Waals surface area contributed by atoms with Gasteiger partial charge in [-0.2, -0.15) is 5.10 Å². The van der Waals surface area contributed by atoms with Gasteiger partial charge < -0.3 is 4.90 Å². The Morgan fingerprint density at radius 1 is 1.16 bits per heavy atom. The molecule has 0 aromatic carbocycles. The van der Waals surface area contributed by atoms with Gasteiger partial charge >= 0.3 is 0 Å². The van der Waals surface area contributed by atoms with Gasteiger partial charge in [0, 0.05) is 64.1 Å². The van der Waals surface area contributed by atoms with Crippen LogP contribution in [0.2, 0.25) is 0 Å². The third kappa shape index (κ3) is 3.01. The molecule has 4 heterocycles. The third-order valence-corrected chi connectivity index (χ3v) is 5.57. The average molecular weight is 347 g/mol. The minimum absolute atomic E-state index is 0.0753. The Bertz CT molecular complexity index is 732. The summed E-state index contributed by atoms with van der Waals surface area (Å²) in [6, 6.07) is 3.80. The lowest BCUT2D eigenvalue weighted by Gasteiger charge is -2.46. The number of nitrogens with zero attached hydrogens (tertiary/aromatic N) is 5. The fraction of sp³-hybridized carbons (Fsp3) is 0.556. The van der Waals surface area contributed by atoms with Gasteiger partial charge in [0.1, 0.15) is 0 Å². The number of anilines is 1. The van der Waals surface area contributed by atoms with Crippen LogP contribution in [0.3, 0.4) is 0 Å². The van der Waals surface area contributed by atoms with Crippen molar-refractivity contribution in [3.8, 4) is 0 Å². The maximum Gasteiger partial charge on any atom is 0.257 e. The molecule has 7 heteroatoms. The topological polar surface area (TPSA) is 37.2 Å². The minimum Gasteiger partial charge on any atom is -0.369 e. The quantitative estimate of drug-likeness (QED) is 0.855. The van der Waals surface area contributed by atoms with E-state index in [1.165, 1.54) is 0 Å². The predicted octanol–water partition coefficient (Wildman–Crippen LogP) is 2.55. The first-order valence-electron chi connectivity index (χ1n) is 8.70. The van der Waals surface area contributed by atoms with Gasteiger partial charge in [-0.25, -0.2) is 8.78 Å². The molecule has 134 valence electrons. The Morgan fingerprint density at radius 3 is 2.76 bits per heavy atom. The number of piperidine rings is 1. The van der Waals surface area contributed by atoms with Crippen LogP contribution >= 0.6 is 0 Å². The Balaban J connectivity index is 1.52. The lowest BCUT2D eigenvalue weighted by Crippen LogP contribution is -2.56. The number of likely N-dealkylation sites (tertiary alicyclic amines) is 1. The molecular formula is C18H23F2N5. The van der Waals surface area contributed by atoms with Gasteiger partial charge in [-0.15, -0.1) is 0 Å². The number of hydrogen-bond donors (Lipinski definition) is 0. The SMILES string of the molecule is Cn1cc(CN2CCC(F)(F)[C@@]3(CCN(c4cccnc4)C3)C2)cn1. The summed E-state index contributed by atoms with van der Waals surface area (Å²) in [6.45, 7) is 2.57. The highest BCUT2D eigenvalue weighted by Gasteiger charge is 2.59. The first-order chi connectivity index (χ1) is 12.0. The molecular weight excluding hydrogens is 324 g/mol. The molecule has 25 heavy (non-hydrogen) atoms. The molecule has 0 radical (unpaired) electrons. The normalized spacial score (nSPS) is 26.4. The van der Waals surface area contributed by atoms with E-state index in [0.717, 1.165) is 11.3 Å². The molecule has 2 aromatic rings. The van der Waals surface area contributed by atoms with Crippen LogP contribution in [0.4, 0.5) is 14.5 Å². The molecule has 0 unspecified atom stereocenters. The number of halogens is 2. The van der Waals surface area contributed by atoms with E-state index in [1.807, 2.05) is 31.6 Å². The summed E-state index contributed by atoms with van der Waals surface area (Å²) < 4.78 is 31.5. The van der Waals surface area contributed by atoms with E-state index in [9.17, 15) is 8.78 Å². The lowest BCUT2D eigenvalue weighted by molar-refractivity contribution is -0.158. The van der Waals surface area contributed by atoms with Crippen molar-refractivity contribution >= 4 is 5.69 Å². The molecule has 2 aliphatic heterocycles. The highest BCUT2D eigenvalue weighted by atomic mass is 19.3. The molecule has 2 aromatic heterocycles. The fourth-order valence-corrected chi connectivity index (χ4v) is 4.19. The maximum absolute atomic E-state index is 14.9. The highest BCUT2D eigenvalue weighted by Crippen LogP contribution is 2.50. The van der Waals surface area contributed by atoms with Crippen molar-refractivity contribution in [1.82, 2.24) is 19.7 Å². The van der Waals surface area contributed by atoms with Gasteiger partial charge in [0.05, 0.1) is 23.5 Å². The standard InChI is InChI=1S/C18H23F2N5/c1-23-11-15(9-22-23)12-24-7-5-18(19,20)17(13-24)4-8-25(14-17)16-3-2-6-21-10-16/h2-3,6,9-11H,4-5,7-8,12-14H2,1H3/t17-/m0/s1. The van der Waals surface area contributed by atoms with Crippen LogP contribution in [0.25, 0.3) is 0 Å². The van der Waals surface area contributed by atoms with Crippen LogP contribution in [-0.4, -0.2) is 51.8 Å². The van der Waals surface area contributed by atoms with Gasteiger partial charge in [-0.05, 0) is 18.6 Å². The molecule has 0 amide bonds. The van der Waals surface area contributed by atoms with E-state index in [2.05, 4.69) is 19.9 Å². The van der Waals surface area contributed by atoms with Gasteiger partial charge in [0.25, 0.3) is 5.92 Å². The molecule has 2 saturated heterocycles. The third-order valence-electron chi connectivity index (χ3n) is 5.57. The lowest BCUT2D eigenvalue weighted by atomic mass is 9.75. The molecule has 1 atom stereocenters. The van der Waals surface area contributed by atoms with Gasteiger partial charge in [-0.3, -0.25) is 14.6 Å². The van der Waals surface area contributed by atoms with Crippen LogP contribution < -0.4 is 4.90 Å². The Hall–Kier alpha value is -2.02. The smallest absolute Gasteiger partial charge is 0.257 e. The first-order valence-corrected chi connectivity index (χ1v) is 8.70. The molecule has 0 aliphatic carbocycles. The van der Waals surface area contributed by atoms with E-state index in [4.69, 9.17) is 0 Å². The molecule has 2 aliphatic rings. The number of rotatable bonds is 3. The van der Waals surface area contributed by atoms with Crippen molar-refractivity contribution in [3.05, 3.63) is 42.5 Å². The van der Waals surface area contributed by atoms with Crippen molar-refractivity contribution in [3.63, 3.8) is 0 Å². The molecule has 0 bridgehead atoms. The van der Waals surface area contributed by atoms with Crippen molar-refractivity contribution in [2.75, 3.05) is 31.1 Å². The van der Waals surface area contributed by atoms with E-state index in [1.54, 1.807) is 17.1 Å². The Labute approximate surface area is 146 Å². The van der Waals surface area contributed by atoms with Crippen LogP contribution in [0.1, 0.15) is 18.4 Å².